The molecule has 2 heterocycles. The zero-order chi connectivity index (χ0) is 15.8. The fourth-order valence-electron chi connectivity index (χ4n) is 4.30. The van der Waals surface area contributed by atoms with Crippen molar-refractivity contribution in [3.8, 4) is 11.3 Å². The third-order valence-corrected chi connectivity index (χ3v) is 5.52. The van der Waals surface area contributed by atoms with Crippen molar-refractivity contribution in [3.05, 3.63) is 24.2 Å². The Morgan fingerprint density at radius 1 is 1.30 bits per heavy atom. The summed E-state index contributed by atoms with van der Waals surface area (Å²) in [6.07, 6.45) is 10.3. The third-order valence-electron chi connectivity index (χ3n) is 5.52. The number of nitrogens with one attached hydrogen (secondary N) is 1. The molecule has 0 amide bonds. The molecule has 0 unspecified atom stereocenters. The standard InChI is InChI=1S/C18H25N5/c1-3-8-23-12(2)15(11-20-23)16-6-7-19-18(21-16)22-17-10-13-4-5-14(17)9-13/h6-7,11,13-14,17H,3-5,8-10H2,1-2H3,(H,19,21,22)/t13-,14+,17-/m1/s1. The topological polar surface area (TPSA) is 55.6 Å². The minimum Gasteiger partial charge on any atom is -0.351 e. The van der Waals surface area contributed by atoms with Gasteiger partial charge >= 0.3 is 0 Å². The van der Waals surface area contributed by atoms with Crippen molar-refractivity contribution >= 4 is 5.95 Å². The molecule has 2 saturated carbocycles. The zero-order valence-electron chi connectivity index (χ0n) is 14.0. The Morgan fingerprint density at radius 2 is 2.22 bits per heavy atom. The molecule has 3 atom stereocenters. The highest BCUT2D eigenvalue weighted by molar-refractivity contribution is 5.61. The van der Waals surface area contributed by atoms with E-state index < -0.39 is 0 Å². The monoisotopic (exact) mass is 311 g/mol. The Bertz CT molecular complexity index is 692. The van der Waals surface area contributed by atoms with Gasteiger partial charge in [0.15, 0.2) is 0 Å². The molecule has 5 nitrogen and oxygen atoms in total. The van der Waals surface area contributed by atoms with Crippen LogP contribution in [0.15, 0.2) is 18.5 Å². The smallest absolute Gasteiger partial charge is 0.223 e. The van der Waals surface area contributed by atoms with Gasteiger partial charge in [-0.3, -0.25) is 4.68 Å². The number of rotatable bonds is 5. The Labute approximate surface area is 137 Å². The predicted octanol–water partition coefficient (Wildman–Crippen LogP) is 3.66. The highest BCUT2D eigenvalue weighted by Gasteiger charge is 2.39. The summed E-state index contributed by atoms with van der Waals surface area (Å²) < 4.78 is 2.06. The maximum absolute atomic E-state index is 4.75. The van der Waals surface area contributed by atoms with E-state index in [4.69, 9.17) is 4.98 Å². The molecule has 2 aromatic heterocycles. The molecule has 4 rings (SSSR count). The lowest BCUT2D eigenvalue weighted by Gasteiger charge is -2.22. The minimum atomic E-state index is 0.563. The van der Waals surface area contributed by atoms with Crippen molar-refractivity contribution in [1.29, 1.82) is 0 Å². The van der Waals surface area contributed by atoms with Crippen LogP contribution >= 0.6 is 0 Å². The van der Waals surface area contributed by atoms with Crippen LogP contribution in [0.2, 0.25) is 0 Å². The molecule has 0 saturated heterocycles. The van der Waals surface area contributed by atoms with E-state index in [1.807, 2.05) is 18.5 Å². The van der Waals surface area contributed by atoms with Crippen LogP contribution in [0.4, 0.5) is 5.95 Å². The molecule has 0 aliphatic heterocycles. The largest absolute Gasteiger partial charge is 0.351 e. The number of aromatic nitrogens is 4. The van der Waals surface area contributed by atoms with Gasteiger partial charge in [-0.1, -0.05) is 13.3 Å². The number of hydrogen-bond donors (Lipinski definition) is 1. The molecule has 2 aliphatic rings. The first kappa shape index (κ1) is 14.7. The molecule has 0 spiro atoms. The van der Waals surface area contributed by atoms with Gasteiger partial charge in [0, 0.05) is 30.0 Å². The summed E-state index contributed by atoms with van der Waals surface area (Å²) in [5.74, 6) is 2.51. The third kappa shape index (κ3) is 2.73. The molecule has 0 aromatic carbocycles. The second-order valence-electron chi connectivity index (χ2n) is 7.06. The van der Waals surface area contributed by atoms with E-state index in [-0.39, 0.29) is 0 Å². The Hall–Kier alpha value is -1.91. The average molecular weight is 311 g/mol. The first-order valence-electron chi connectivity index (χ1n) is 8.87. The average Bonchev–Trinajstić information content (AvgIpc) is 3.25. The van der Waals surface area contributed by atoms with E-state index in [0.29, 0.717) is 6.04 Å². The van der Waals surface area contributed by atoms with Crippen LogP contribution in [-0.4, -0.2) is 25.8 Å². The lowest BCUT2D eigenvalue weighted by atomic mass is 9.95. The number of fused-ring (bicyclic) bond motifs is 2. The van der Waals surface area contributed by atoms with E-state index in [1.54, 1.807) is 0 Å². The Morgan fingerprint density at radius 3 is 2.96 bits per heavy atom. The van der Waals surface area contributed by atoms with Crippen LogP contribution in [0.5, 0.6) is 0 Å². The van der Waals surface area contributed by atoms with Crippen LogP contribution in [0.3, 0.4) is 0 Å². The zero-order valence-corrected chi connectivity index (χ0v) is 14.0. The lowest BCUT2D eigenvalue weighted by molar-refractivity contribution is 0.438. The highest BCUT2D eigenvalue weighted by atomic mass is 15.3. The molecule has 122 valence electrons. The van der Waals surface area contributed by atoms with Gasteiger partial charge in [0.25, 0.3) is 0 Å². The van der Waals surface area contributed by atoms with Gasteiger partial charge in [0.1, 0.15) is 0 Å². The second kappa shape index (κ2) is 5.95. The lowest BCUT2D eigenvalue weighted by Crippen LogP contribution is -2.26. The number of anilines is 1. The van der Waals surface area contributed by atoms with E-state index in [9.17, 15) is 0 Å². The molecular weight excluding hydrogens is 286 g/mol. The summed E-state index contributed by atoms with van der Waals surface area (Å²) in [5, 5.41) is 8.07. The van der Waals surface area contributed by atoms with Crippen molar-refractivity contribution in [3.63, 3.8) is 0 Å². The van der Waals surface area contributed by atoms with E-state index in [2.05, 4.69) is 33.9 Å². The summed E-state index contributed by atoms with van der Waals surface area (Å²) in [5.41, 5.74) is 3.25. The van der Waals surface area contributed by atoms with Crippen molar-refractivity contribution < 1.29 is 0 Å². The predicted molar refractivity (Wildman–Crippen MR) is 91.1 cm³/mol. The Kier molecular flexibility index (Phi) is 3.79. The molecule has 2 fully saturated rings. The summed E-state index contributed by atoms with van der Waals surface area (Å²) in [4.78, 5) is 9.18. The molecule has 23 heavy (non-hydrogen) atoms. The minimum absolute atomic E-state index is 0.563. The first-order chi connectivity index (χ1) is 11.2. The van der Waals surface area contributed by atoms with Crippen molar-refractivity contribution in [1.82, 2.24) is 19.7 Å². The molecule has 1 N–H and O–H groups in total. The van der Waals surface area contributed by atoms with Crippen LogP contribution in [0.25, 0.3) is 11.3 Å². The van der Waals surface area contributed by atoms with Gasteiger partial charge in [-0.05, 0) is 50.5 Å². The van der Waals surface area contributed by atoms with E-state index >= 15 is 0 Å². The maximum Gasteiger partial charge on any atom is 0.223 e. The molecule has 2 aromatic rings. The number of nitrogens with zero attached hydrogens (tertiary/aromatic N) is 4. The van der Waals surface area contributed by atoms with Gasteiger partial charge < -0.3 is 5.32 Å². The maximum atomic E-state index is 4.75. The summed E-state index contributed by atoms with van der Waals surface area (Å²) in [7, 11) is 0. The normalized spacial score (nSPS) is 25.9. The highest BCUT2D eigenvalue weighted by Crippen LogP contribution is 2.45. The fourth-order valence-corrected chi connectivity index (χ4v) is 4.30. The van der Waals surface area contributed by atoms with Gasteiger partial charge in [-0.2, -0.15) is 5.10 Å². The second-order valence-corrected chi connectivity index (χ2v) is 7.06. The molecule has 2 aliphatic carbocycles. The molecular formula is C18H25N5. The van der Waals surface area contributed by atoms with Crippen molar-refractivity contribution in [2.24, 2.45) is 11.8 Å². The van der Waals surface area contributed by atoms with E-state index in [1.165, 1.54) is 31.4 Å². The van der Waals surface area contributed by atoms with Crippen LogP contribution < -0.4 is 5.32 Å². The first-order valence-corrected chi connectivity index (χ1v) is 8.87. The SMILES string of the molecule is CCCn1ncc(-c2ccnc(N[C@@H]3C[C@@H]4CC[C@H]3C4)n2)c1C. The van der Waals surface area contributed by atoms with Crippen LogP contribution in [0, 0.1) is 18.8 Å². The fraction of sp³-hybridized carbons (Fsp3) is 0.611. The number of aryl methyl sites for hydroxylation is 1. The van der Waals surface area contributed by atoms with Crippen molar-refractivity contribution in [2.45, 2.75) is 58.5 Å². The van der Waals surface area contributed by atoms with E-state index in [0.717, 1.165) is 42.0 Å². The molecule has 2 bridgehead atoms. The summed E-state index contributed by atoms with van der Waals surface area (Å²) in [6, 6.07) is 2.54. The van der Waals surface area contributed by atoms with Gasteiger partial charge in [0.05, 0.1) is 11.9 Å². The quantitative estimate of drug-likeness (QED) is 0.915. The Balaban J connectivity index is 1.54. The van der Waals surface area contributed by atoms with Crippen molar-refractivity contribution in [2.75, 3.05) is 5.32 Å². The van der Waals surface area contributed by atoms with Gasteiger partial charge in [-0.15, -0.1) is 0 Å². The summed E-state index contributed by atoms with van der Waals surface area (Å²) in [6.45, 7) is 5.24. The van der Waals surface area contributed by atoms with Gasteiger partial charge in [0.2, 0.25) is 5.95 Å². The molecule has 5 heteroatoms. The molecule has 0 radical (unpaired) electrons. The van der Waals surface area contributed by atoms with Gasteiger partial charge in [-0.25, -0.2) is 9.97 Å². The summed E-state index contributed by atoms with van der Waals surface area (Å²) >= 11 is 0. The van der Waals surface area contributed by atoms with Crippen LogP contribution in [0.1, 0.15) is 44.7 Å². The number of hydrogen-bond acceptors (Lipinski definition) is 4. The van der Waals surface area contributed by atoms with Crippen LogP contribution in [-0.2, 0) is 6.54 Å².